The van der Waals surface area contributed by atoms with E-state index in [9.17, 15) is 8.42 Å². The number of benzene rings is 3. The summed E-state index contributed by atoms with van der Waals surface area (Å²) in [6.45, 7) is 0. The molecule has 10 heteroatoms. The van der Waals surface area contributed by atoms with Gasteiger partial charge in [0, 0.05) is 48.4 Å². The maximum atomic E-state index is 13.7. The van der Waals surface area contributed by atoms with E-state index in [0.29, 0.717) is 28.7 Å². The zero-order valence-electron chi connectivity index (χ0n) is 22.8. The maximum absolute atomic E-state index is 13.7. The Morgan fingerprint density at radius 3 is 2.52 bits per heavy atom. The first-order valence-electron chi connectivity index (χ1n) is 13.3. The molecular formula is C30H32N6O3S. The van der Waals surface area contributed by atoms with E-state index in [0.717, 1.165) is 46.1 Å². The quantitative estimate of drug-likeness (QED) is 0.259. The maximum Gasteiger partial charge on any atom is 0.262 e. The number of nitrogen functional groups attached to an aromatic ring is 1. The number of ether oxygens (including phenoxy) is 1. The Labute approximate surface area is 233 Å². The molecule has 1 saturated carbocycles. The van der Waals surface area contributed by atoms with Crippen molar-refractivity contribution in [2.75, 3.05) is 36.6 Å². The standard InChI is InChI=1S/C30H32N6O3S/c1-35(2)25-12-6-11-22-21(25)10-7-13-27(22)40(37,38)34-24-15-14-19(16-26(24)39-3)23-17-36(20-8-4-5-9-20)30-28(23)29(31)32-18-33-30/h6-7,10-18,20,34H,4-5,8-9H2,1-3H3,(H2,31,32,33). The second-order valence-electron chi connectivity index (χ2n) is 10.4. The zero-order valence-corrected chi connectivity index (χ0v) is 23.6. The van der Waals surface area contributed by atoms with E-state index >= 15 is 0 Å². The molecule has 0 atom stereocenters. The summed E-state index contributed by atoms with van der Waals surface area (Å²) in [5, 5.41) is 2.29. The van der Waals surface area contributed by atoms with Crippen LogP contribution in [0.5, 0.6) is 5.75 Å². The molecule has 0 aliphatic heterocycles. The lowest BCUT2D eigenvalue weighted by molar-refractivity contribution is 0.417. The van der Waals surface area contributed by atoms with E-state index in [4.69, 9.17) is 10.5 Å². The molecule has 0 amide bonds. The number of aromatic nitrogens is 3. The summed E-state index contributed by atoms with van der Waals surface area (Å²) in [4.78, 5) is 11.0. The van der Waals surface area contributed by atoms with Crippen LogP contribution in [0.25, 0.3) is 32.9 Å². The van der Waals surface area contributed by atoms with Gasteiger partial charge >= 0.3 is 0 Å². The predicted octanol–water partition coefficient (Wildman–Crippen LogP) is 5.82. The number of rotatable bonds is 7. The minimum absolute atomic E-state index is 0.199. The van der Waals surface area contributed by atoms with Crippen molar-refractivity contribution in [3.63, 3.8) is 0 Å². The van der Waals surface area contributed by atoms with Crippen molar-refractivity contribution < 1.29 is 13.2 Å². The molecule has 40 heavy (non-hydrogen) atoms. The molecule has 6 rings (SSSR count). The van der Waals surface area contributed by atoms with Crippen LogP contribution in [0, 0.1) is 0 Å². The fourth-order valence-corrected chi connectivity index (χ4v) is 7.11. The van der Waals surface area contributed by atoms with Crippen LogP contribution in [0.2, 0.25) is 0 Å². The Morgan fingerprint density at radius 1 is 1.02 bits per heavy atom. The van der Waals surface area contributed by atoms with Gasteiger partial charge in [-0.15, -0.1) is 0 Å². The van der Waals surface area contributed by atoms with E-state index in [1.165, 1.54) is 26.3 Å². The highest BCUT2D eigenvalue weighted by Crippen LogP contribution is 2.41. The number of methoxy groups -OCH3 is 1. The molecule has 2 aromatic heterocycles. The Hall–Kier alpha value is -4.31. The molecule has 0 unspecified atom stereocenters. The van der Waals surface area contributed by atoms with Crippen LogP contribution in [0.4, 0.5) is 17.2 Å². The molecule has 0 radical (unpaired) electrons. The average Bonchev–Trinajstić information content (AvgIpc) is 3.61. The Balaban J connectivity index is 1.41. The highest BCUT2D eigenvalue weighted by Gasteiger charge is 2.24. The van der Waals surface area contributed by atoms with Crippen LogP contribution in [0.1, 0.15) is 31.7 Å². The summed E-state index contributed by atoms with van der Waals surface area (Å²) < 4.78 is 38.0. The minimum atomic E-state index is -3.93. The molecule has 0 saturated heterocycles. The van der Waals surface area contributed by atoms with E-state index in [-0.39, 0.29) is 4.90 Å². The summed E-state index contributed by atoms with van der Waals surface area (Å²) >= 11 is 0. The van der Waals surface area contributed by atoms with Gasteiger partial charge in [0.2, 0.25) is 0 Å². The molecule has 1 fully saturated rings. The van der Waals surface area contributed by atoms with E-state index in [1.807, 2.05) is 55.4 Å². The van der Waals surface area contributed by atoms with E-state index in [2.05, 4.69) is 25.5 Å². The first-order valence-corrected chi connectivity index (χ1v) is 14.8. The number of anilines is 3. The van der Waals surface area contributed by atoms with Gasteiger partial charge < -0.3 is 19.9 Å². The number of nitrogens with zero attached hydrogens (tertiary/aromatic N) is 4. The molecule has 0 bridgehead atoms. The van der Waals surface area contributed by atoms with Crippen LogP contribution >= 0.6 is 0 Å². The normalized spacial score (nSPS) is 14.2. The first kappa shape index (κ1) is 25.9. The number of nitrogens with two attached hydrogens (primary N) is 1. The molecule has 2 heterocycles. The largest absolute Gasteiger partial charge is 0.495 e. The summed E-state index contributed by atoms with van der Waals surface area (Å²) in [6.07, 6.45) is 8.16. The van der Waals surface area contributed by atoms with Crippen molar-refractivity contribution in [2.24, 2.45) is 0 Å². The molecule has 9 nitrogen and oxygen atoms in total. The molecule has 3 aromatic carbocycles. The molecule has 0 spiro atoms. The van der Waals surface area contributed by atoms with Crippen molar-refractivity contribution in [3.05, 3.63) is 67.1 Å². The van der Waals surface area contributed by atoms with Gasteiger partial charge in [0.25, 0.3) is 10.0 Å². The van der Waals surface area contributed by atoms with Crippen molar-refractivity contribution in [3.8, 4) is 16.9 Å². The first-order chi connectivity index (χ1) is 19.3. The number of hydrogen-bond donors (Lipinski definition) is 2. The minimum Gasteiger partial charge on any atom is -0.495 e. The van der Waals surface area contributed by atoms with E-state index < -0.39 is 10.0 Å². The SMILES string of the molecule is COc1cc(-c2cn(C3CCCC3)c3ncnc(N)c23)ccc1NS(=O)(=O)c1cccc2c(N(C)C)cccc12. The van der Waals surface area contributed by atoms with Crippen LogP contribution in [-0.4, -0.2) is 44.2 Å². The summed E-state index contributed by atoms with van der Waals surface area (Å²) in [5.41, 5.74) is 10.2. The zero-order chi connectivity index (χ0) is 28.0. The second-order valence-corrected chi connectivity index (χ2v) is 12.0. The van der Waals surface area contributed by atoms with Crippen LogP contribution in [0.15, 0.2) is 72.0 Å². The lowest BCUT2D eigenvalue weighted by Crippen LogP contribution is -2.15. The van der Waals surface area contributed by atoms with Crippen LogP contribution < -0.4 is 20.1 Å². The molecule has 1 aliphatic rings. The Bertz CT molecular complexity index is 1840. The smallest absolute Gasteiger partial charge is 0.262 e. The third-order valence-corrected chi connectivity index (χ3v) is 9.17. The highest BCUT2D eigenvalue weighted by atomic mass is 32.2. The third-order valence-electron chi connectivity index (χ3n) is 7.74. The highest BCUT2D eigenvalue weighted by molar-refractivity contribution is 7.93. The van der Waals surface area contributed by atoms with Crippen molar-refractivity contribution >= 4 is 49.0 Å². The van der Waals surface area contributed by atoms with Gasteiger partial charge in [-0.1, -0.05) is 43.2 Å². The lowest BCUT2D eigenvalue weighted by Gasteiger charge is -2.18. The summed E-state index contributed by atoms with van der Waals surface area (Å²) in [5.74, 6) is 0.807. The van der Waals surface area contributed by atoms with Gasteiger partial charge in [-0.05, 0) is 42.7 Å². The van der Waals surface area contributed by atoms with Gasteiger partial charge in [0.05, 0.1) is 23.1 Å². The van der Waals surface area contributed by atoms with Gasteiger partial charge in [-0.2, -0.15) is 0 Å². The number of sulfonamides is 1. The third kappa shape index (κ3) is 4.38. The lowest BCUT2D eigenvalue weighted by atomic mass is 10.1. The van der Waals surface area contributed by atoms with Gasteiger partial charge in [-0.3, -0.25) is 4.72 Å². The van der Waals surface area contributed by atoms with Crippen LogP contribution in [-0.2, 0) is 10.0 Å². The molecule has 3 N–H and O–H groups in total. The van der Waals surface area contributed by atoms with Gasteiger partial charge in [0.1, 0.15) is 23.5 Å². The number of nitrogens with one attached hydrogen (secondary N) is 1. The predicted molar refractivity (Wildman–Crippen MR) is 161 cm³/mol. The molecule has 5 aromatic rings. The monoisotopic (exact) mass is 556 g/mol. The van der Waals surface area contributed by atoms with Crippen LogP contribution in [0.3, 0.4) is 0 Å². The second kappa shape index (κ2) is 10.0. The van der Waals surface area contributed by atoms with E-state index in [1.54, 1.807) is 18.2 Å². The number of hydrogen-bond acceptors (Lipinski definition) is 7. The average molecular weight is 557 g/mol. The molecular weight excluding hydrogens is 524 g/mol. The Kier molecular flexibility index (Phi) is 6.50. The summed E-state index contributed by atoms with van der Waals surface area (Å²) in [6, 6.07) is 16.7. The fraction of sp³-hybridized carbons (Fsp3) is 0.267. The van der Waals surface area contributed by atoms with Gasteiger partial charge in [0.15, 0.2) is 0 Å². The van der Waals surface area contributed by atoms with Crippen molar-refractivity contribution in [1.29, 1.82) is 0 Å². The van der Waals surface area contributed by atoms with Crippen molar-refractivity contribution in [1.82, 2.24) is 14.5 Å². The fourth-order valence-electron chi connectivity index (χ4n) is 5.82. The topological polar surface area (TPSA) is 115 Å². The van der Waals surface area contributed by atoms with Gasteiger partial charge in [-0.25, -0.2) is 18.4 Å². The molecule has 1 aliphatic carbocycles. The summed E-state index contributed by atoms with van der Waals surface area (Å²) in [7, 11) is 1.46. The Morgan fingerprint density at radius 2 is 1.77 bits per heavy atom. The number of fused-ring (bicyclic) bond motifs is 2. The molecule has 206 valence electrons. The van der Waals surface area contributed by atoms with Crippen molar-refractivity contribution in [2.45, 2.75) is 36.6 Å².